The van der Waals surface area contributed by atoms with Crippen LogP contribution in [0.15, 0.2) is 0 Å². The molecule has 1 aliphatic heterocycles. The van der Waals surface area contributed by atoms with Gasteiger partial charge in [0.2, 0.25) is 5.91 Å². The number of hydrogen-bond acceptors (Lipinski definition) is 3. The number of nitrogens with two attached hydrogens (primary N) is 1. The van der Waals surface area contributed by atoms with E-state index in [4.69, 9.17) is 5.73 Å². The highest BCUT2D eigenvalue weighted by atomic mass is 35.5. The van der Waals surface area contributed by atoms with E-state index in [-0.39, 0.29) is 36.1 Å². The predicted molar refractivity (Wildman–Crippen MR) is 80.6 cm³/mol. The van der Waals surface area contributed by atoms with Gasteiger partial charge in [-0.1, -0.05) is 13.8 Å². The van der Waals surface area contributed by atoms with E-state index in [0.717, 1.165) is 45.4 Å². The van der Waals surface area contributed by atoms with Gasteiger partial charge in [-0.15, -0.1) is 24.8 Å². The van der Waals surface area contributed by atoms with E-state index in [1.54, 1.807) is 0 Å². The zero-order valence-electron chi connectivity index (χ0n) is 11.4. The lowest BCUT2D eigenvalue weighted by Crippen LogP contribution is -2.48. The molecule has 0 unspecified atom stereocenters. The SMILES string of the molecule is CCC(CC)(CN)C(=O)N1CCCNCC1.Cl.Cl. The molecule has 0 spiro atoms. The molecule has 1 heterocycles. The van der Waals surface area contributed by atoms with Crippen LogP contribution in [0.3, 0.4) is 0 Å². The lowest BCUT2D eigenvalue weighted by molar-refractivity contribution is -0.142. The van der Waals surface area contributed by atoms with Gasteiger partial charge in [-0.3, -0.25) is 4.79 Å². The minimum atomic E-state index is -0.329. The van der Waals surface area contributed by atoms with Crippen LogP contribution in [0.1, 0.15) is 33.1 Å². The lowest BCUT2D eigenvalue weighted by Gasteiger charge is -2.34. The molecule has 0 aromatic rings. The van der Waals surface area contributed by atoms with Crippen LogP contribution in [0, 0.1) is 5.41 Å². The Morgan fingerprint density at radius 1 is 1.22 bits per heavy atom. The molecule has 6 heteroatoms. The summed E-state index contributed by atoms with van der Waals surface area (Å²) < 4.78 is 0. The fourth-order valence-electron chi connectivity index (χ4n) is 2.31. The summed E-state index contributed by atoms with van der Waals surface area (Å²) in [4.78, 5) is 14.5. The highest BCUT2D eigenvalue weighted by Gasteiger charge is 2.36. The average Bonchev–Trinajstić information content (AvgIpc) is 2.60. The van der Waals surface area contributed by atoms with Crippen LogP contribution >= 0.6 is 24.8 Å². The minimum Gasteiger partial charge on any atom is -0.341 e. The van der Waals surface area contributed by atoms with Crippen molar-refractivity contribution < 1.29 is 4.79 Å². The van der Waals surface area contributed by atoms with Gasteiger partial charge in [0.15, 0.2) is 0 Å². The van der Waals surface area contributed by atoms with Gasteiger partial charge < -0.3 is 16.0 Å². The van der Waals surface area contributed by atoms with E-state index in [2.05, 4.69) is 19.2 Å². The summed E-state index contributed by atoms with van der Waals surface area (Å²) in [5.41, 5.74) is 5.48. The standard InChI is InChI=1S/C12H25N3O.2ClH/c1-3-12(4-2,10-13)11(16)15-8-5-6-14-7-9-15;;/h14H,3-10,13H2,1-2H3;2*1H. The first-order chi connectivity index (χ1) is 7.70. The summed E-state index contributed by atoms with van der Waals surface area (Å²) in [6.45, 7) is 8.18. The van der Waals surface area contributed by atoms with Gasteiger partial charge in [-0.05, 0) is 25.8 Å². The molecule has 3 N–H and O–H groups in total. The molecule has 18 heavy (non-hydrogen) atoms. The Kier molecular flexibility index (Phi) is 11.1. The normalized spacial score (nSPS) is 16.3. The predicted octanol–water partition coefficient (Wildman–Crippen LogP) is 1.42. The third kappa shape index (κ3) is 4.57. The number of carbonyl (C=O) groups excluding carboxylic acids is 1. The van der Waals surface area contributed by atoms with E-state index in [0.29, 0.717) is 6.54 Å². The van der Waals surface area contributed by atoms with Crippen molar-refractivity contribution in [1.29, 1.82) is 0 Å². The van der Waals surface area contributed by atoms with Crippen molar-refractivity contribution in [2.24, 2.45) is 11.1 Å². The molecule has 0 radical (unpaired) electrons. The summed E-state index contributed by atoms with van der Waals surface area (Å²) in [5.74, 6) is 0.253. The van der Waals surface area contributed by atoms with E-state index >= 15 is 0 Å². The van der Waals surface area contributed by atoms with Crippen LogP contribution in [-0.4, -0.2) is 43.5 Å². The highest BCUT2D eigenvalue weighted by Crippen LogP contribution is 2.27. The fraction of sp³-hybridized carbons (Fsp3) is 0.917. The maximum Gasteiger partial charge on any atom is 0.230 e. The second kappa shape index (κ2) is 9.84. The average molecular weight is 300 g/mol. The molecule has 1 amide bonds. The number of rotatable bonds is 4. The molecule has 0 aliphatic carbocycles. The Morgan fingerprint density at radius 2 is 1.83 bits per heavy atom. The number of carbonyl (C=O) groups is 1. The number of amides is 1. The molecule has 1 saturated heterocycles. The molecular formula is C12H27Cl2N3O. The summed E-state index contributed by atoms with van der Waals surface area (Å²) in [5, 5.41) is 3.31. The molecule has 0 saturated carbocycles. The third-order valence-corrected chi connectivity index (χ3v) is 3.83. The Bertz CT molecular complexity index is 219. The molecule has 0 aromatic carbocycles. The summed E-state index contributed by atoms with van der Waals surface area (Å²) in [6.07, 6.45) is 2.71. The molecule has 0 bridgehead atoms. The number of hydrogen-bond donors (Lipinski definition) is 2. The van der Waals surface area contributed by atoms with Crippen molar-refractivity contribution >= 4 is 30.7 Å². The van der Waals surface area contributed by atoms with Gasteiger partial charge in [0, 0.05) is 26.2 Å². The van der Waals surface area contributed by atoms with Gasteiger partial charge in [-0.25, -0.2) is 0 Å². The van der Waals surface area contributed by atoms with Crippen LogP contribution in [0.25, 0.3) is 0 Å². The molecule has 0 aromatic heterocycles. The Labute approximate surface area is 123 Å². The van der Waals surface area contributed by atoms with E-state index in [9.17, 15) is 4.79 Å². The van der Waals surface area contributed by atoms with E-state index < -0.39 is 0 Å². The number of halogens is 2. The fourth-order valence-corrected chi connectivity index (χ4v) is 2.31. The monoisotopic (exact) mass is 299 g/mol. The maximum atomic E-state index is 12.5. The summed E-state index contributed by atoms with van der Waals surface area (Å²) >= 11 is 0. The molecular weight excluding hydrogens is 273 g/mol. The highest BCUT2D eigenvalue weighted by molar-refractivity contribution is 5.85. The first kappa shape index (κ1) is 20.3. The van der Waals surface area contributed by atoms with Crippen LogP contribution in [-0.2, 0) is 4.79 Å². The minimum absolute atomic E-state index is 0. The smallest absolute Gasteiger partial charge is 0.230 e. The first-order valence-corrected chi connectivity index (χ1v) is 6.40. The quantitative estimate of drug-likeness (QED) is 0.825. The van der Waals surface area contributed by atoms with Crippen molar-refractivity contribution in [1.82, 2.24) is 10.2 Å². The van der Waals surface area contributed by atoms with Gasteiger partial charge in [0.05, 0.1) is 5.41 Å². The topological polar surface area (TPSA) is 58.4 Å². The van der Waals surface area contributed by atoms with Crippen LogP contribution in [0.5, 0.6) is 0 Å². The van der Waals surface area contributed by atoms with Gasteiger partial charge in [0.1, 0.15) is 0 Å². The maximum absolute atomic E-state index is 12.5. The molecule has 1 fully saturated rings. The van der Waals surface area contributed by atoms with Crippen molar-refractivity contribution in [3.63, 3.8) is 0 Å². The van der Waals surface area contributed by atoms with Gasteiger partial charge in [-0.2, -0.15) is 0 Å². The Morgan fingerprint density at radius 3 is 2.33 bits per heavy atom. The number of nitrogens with one attached hydrogen (secondary N) is 1. The first-order valence-electron chi connectivity index (χ1n) is 6.40. The third-order valence-electron chi connectivity index (χ3n) is 3.83. The van der Waals surface area contributed by atoms with Crippen molar-refractivity contribution in [2.45, 2.75) is 33.1 Å². The lowest BCUT2D eigenvalue weighted by atomic mass is 9.81. The molecule has 4 nitrogen and oxygen atoms in total. The van der Waals surface area contributed by atoms with E-state index in [1.807, 2.05) is 4.90 Å². The zero-order chi connectivity index (χ0) is 12.0. The van der Waals surface area contributed by atoms with Crippen LogP contribution in [0.2, 0.25) is 0 Å². The summed E-state index contributed by atoms with van der Waals surface area (Å²) in [7, 11) is 0. The molecule has 1 aliphatic rings. The van der Waals surface area contributed by atoms with Gasteiger partial charge >= 0.3 is 0 Å². The second-order valence-electron chi connectivity index (χ2n) is 4.59. The second-order valence-corrected chi connectivity index (χ2v) is 4.59. The Balaban J connectivity index is 0. The largest absolute Gasteiger partial charge is 0.341 e. The van der Waals surface area contributed by atoms with Gasteiger partial charge in [0.25, 0.3) is 0 Å². The molecule has 1 rings (SSSR count). The molecule has 0 atom stereocenters. The number of nitrogens with zero attached hydrogens (tertiary/aromatic N) is 1. The van der Waals surface area contributed by atoms with Crippen molar-refractivity contribution in [3.8, 4) is 0 Å². The Hall–Kier alpha value is -0.0300. The van der Waals surface area contributed by atoms with Crippen LogP contribution in [0.4, 0.5) is 0 Å². The van der Waals surface area contributed by atoms with E-state index in [1.165, 1.54) is 0 Å². The van der Waals surface area contributed by atoms with Crippen LogP contribution < -0.4 is 11.1 Å². The zero-order valence-corrected chi connectivity index (χ0v) is 13.0. The molecule has 110 valence electrons. The summed E-state index contributed by atoms with van der Waals surface area (Å²) in [6, 6.07) is 0. The van der Waals surface area contributed by atoms with Crippen molar-refractivity contribution in [3.05, 3.63) is 0 Å². The van der Waals surface area contributed by atoms with Crippen molar-refractivity contribution in [2.75, 3.05) is 32.7 Å².